The summed E-state index contributed by atoms with van der Waals surface area (Å²) in [4.78, 5) is 18.0. The van der Waals surface area contributed by atoms with Crippen LogP contribution in [0.4, 0.5) is 10.5 Å². The van der Waals surface area contributed by atoms with Crippen molar-refractivity contribution in [3.05, 3.63) is 36.0 Å². The fourth-order valence-electron chi connectivity index (χ4n) is 3.95. The molecule has 2 amide bonds. The van der Waals surface area contributed by atoms with Gasteiger partial charge in [0.15, 0.2) is 11.5 Å². The van der Waals surface area contributed by atoms with Crippen molar-refractivity contribution in [1.29, 1.82) is 0 Å². The Balaban J connectivity index is 1.27. The van der Waals surface area contributed by atoms with Crippen LogP contribution in [0.25, 0.3) is 5.65 Å². The third kappa shape index (κ3) is 2.89. The Bertz CT molecular complexity index is 1030. The normalized spacial score (nSPS) is 20.8. The van der Waals surface area contributed by atoms with Crippen LogP contribution >= 0.6 is 0 Å². The standard InChI is InChI=1S/C18H23N9O/c1-13-3-4-16-20-21-17(27(16)22-13)12-24-6-5-14(10-24)26-11-15(9-19-26)25-8-7-23(2)18(25)28/h3-4,9,11,14H,5-8,10,12H2,1-2H3. The largest absolute Gasteiger partial charge is 0.326 e. The molecule has 10 nitrogen and oxygen atoms in total. The van der Waals surface area contributed by atoms with E-state index in [1.54, 1.807) is 16.0 Å². The average Bonchev–Trinajstić information content (AvgIpc) is 3.45. The molecular weight excluding hydrogens is 358 g/mol. The first-order valence-corrected chi connectivity index (χ1v) is 9.55. The van der Waals surface area contributed by atoms with E-state index in [9.17, 15) is 4.79 Å². The number of hydrogen-bond donors (Lipinski definition) is 0. The van der Waals surface area contributed by atoms with Gasteiger partial charge in [0.2, 0.25) is 0 Å². The van der Waals surface area contributed by atoms with Gasteiger partial charge in [0.25, 0.3) is 0 Å². The summed E-state index contributed by atoms with van der Waals surface area (Å²) in [7, 11) is 1.83. The van der Waals surface area contributed by atoms with E-state index in [0.717, 1.165) is 48.9 Å². The zero-order valence-electron chi connectivity index (χ0n) is 16.1. The Morgan fingerprint density at radius 2 is 2.07 bits per heavy atom. The molecule has 0 spiro atoms. The van der Waals surface area contributed by atoms with Crippen molar-refractivity contribution < 1.29 is 4.79 Å². The predicted molar refractivity (Wildman–Crippen MR) is 102 cm³/mol. The molecule has 0 aromatic carbocycles. The van der Waals surface area contributed by atoms with Crippen LogP contribution in [-0.2, 0) is 6.54 Å². The minimum Gasteiger partial charge on any atom is -0.326 e. The highest BCUT2D eigenvalue weighted by molar-refractivity contribution is 5.93. The molecule has 10 heteroatoms. The SMILES string of the molecule is Cc1ccc2nnc(CN3CCC(n4cc(N5CCN(C)C5=O)cn4)C3)n2n1. The topological polar surface area (TPSA) is 87.7 Å². The molecule has 3 aromatic rings. The lowest BCUT2D eigenvalue weighted by molar-refractivity contribution is 0.229. The Labute approximate surface area is 162 Å². The number of carbonyl (C=O) groups excluding carboxylic acids is 1. The van der Waals surface area contributed by atoms with Crippen molar-refractivity contribution in [2.45, 2.75) is 25.9 Å². The number of rotatable bonds is 4. The van der Waals surface area contributed by atoms with E-state index in [1.165, 1.54) is 0 Å². The summed E-state index contributed by atoms with van der Waals surface area (Å²) in [5.74, 6) is 0.853. The summed E-state index contributed by atoms with van der Waals surface area (Å²) in [6, 6.07) is 4.21. The number of aromatic nitrogens is 6. The van der Waals surface area contributed by atoms with Crippen LogP contribution in [0.2, 0.25) is 0 Å². The Kier molecular flexibility index (Phi) is 4.00. The first-order valence-electron chi connectivity index (χ1n) is 9.55. The van der Waals surface area contributed by atoms with Gasteiger partial charge in [0.05, 0.1) is 30.2 Å². The molecule has 2 saturated heterocycles. The molecule has 5 heterocycles. The van der Waals surface area contributed by atoms with Crippen molar-refractivity contribution in [2.75, 3.05) is 38.1 Å². The van der Waals surface area contributed by atoms with Crippen LogP contribution in [-0.4, -0.2) is 78.6 Å². The summed E-state index contributed by atoms with van der Waals surface area (Å²) in [6.07, 6.45) is 4.79. The highest BCUT2D eigenvalue weighted by Gasteiger charge is 2.30. The summed E-state index contributed by atoms with van der Waals surface area (Å²) in [6.45, 7) is 5.98. The van der Waals surface area contributed by atoms with Gasteiger partial charge in [-0.1, -0.05) is 0 Å². The van der Waals surface area contributed by atoms with E-state index in [-0.39, 0.29) is 12.1 Å². The summed E-state index contributed by atoms with van der Waals surface area (Å²) < 4.78 is 3.81. The number of amides is 2. The molecule has 28 heavy (non-hydrogen) atoms. The summed E-state index contributed by atoms with van der Waals surface area (Å²) in [5.41, 5.74) is 2.59. The number of nitrogens with zero attached hydrogens (tertiary/aromatic N) is 9. The summed E-state index contributed by atoms with van der Waals surface area (Å²) in [5, 5.41) is 17.6. The van der Waals surface area contributed by atoms with E-state index < -0.39 is 0 Å². The first-order chi connectivity index (χ1) is 13.6. The highest BCUT2D eigenvalue weighted by atomic mass is 16.2. The molecule has 2 aliphatic heterocycles. The zero-order chi connectivity index (χ0) is 19.3. The second-order valence-corrected chi connectivity index (χ2v) is 7.57. The molecule has 146 valence electrons. The lowest BCUT2D eigenvalue weighted by Gasteiger charge is -2.15. The van der Waals surface area contributed by atoms with Crippen molar-refractivity contribution in [2.24, 2.45) is 0 Å². The molecule has 3 aromatic heterocycles. The van der Waals surface area contributed by atoms with Gasteiger partial charge >= 0.3 is 6.03 Å². The number of aryl methyl sites for hydroxylation is 1. The number of hydrogen-bond acceptors (Lipinski definition) is 6. The first kappa shape index (κ1) is 17.1. The Morgan fingerprint density at radius 1 is 1.18 bits per heavy atom. The maximum atomic E-state index is 12.2. The second-order valence-electron chi connectivity index (χ2n) is 7.57. The molecule has 0 radical (unpaired) electrons. The number of fused-ring (bicyclic) bond motifs is 1. The van der Waals surface area contributed by atoms with Gasteiger partial charge in [0, 0.05) is 39.4 Å². The van der Waals surface area contributed by atoms with Crippen LogP contribution in [0.3, 0.4) is 0 Å². The van der Waals surface area contributed by atoms with Crippen LogP contribution in [0.15, 0.2) is 24.5 Å². The number of urea groups is 1. The molecule has 5 rings (SSSR count). The lowest BCUT2D eigenvalue weighted by atomic mass is 10.3. The van der Waals surface area contributed by atoms with Crippen LogP contribution < -0.4 is 4.90 Å². The van der Waals surface area contributed by atoms with Gasteiger partial charge in [-0.2, -0.15) is 14.7 Å². The number of likely N-dealkylation sites (tertiary alicyclic amines) is 1. The zero-order valence-corrected chi connectivity index (χ0v) is 16.1. The van der Waals surface area contributed by atoms with Gasteiger partial charge in [0.1, 0.15) is 0 Å². The number of anilines is 1. The van der Waals surface area contributed by atoms with Gasteiger partial charge in [-0.25, -0.2) is 4.79 Å². The molecule has 0 bridgehead atoms. The van der Waals surface area contributed by atoms with Crippen LogP contribution in [0, 0.1) is 6.92 Å². The molecule has 2 aliphatic rings. The van der Waals surface area contributed by atoms with E-state index in [1.807, 2.05) is 41.5 Å². The fraction of sp³-hybridized carbons (Fsp3) is 0.500. The number of carbonyl (C=O) groups is 1. The molecule has 0 aliphatic carbocycles. The molecule has 1 unspecified atom stereocenters. The lowest BCUT2D eigenvalue weighted by Crippen LogP contribution is -2.28. The molecule has 2 fully saturated rings. The minimum atomic E-state index is 0.0362. The van der Waals surface area contributed by atoms with Crippen molar-refractivity contribution in [1.82, 2.24) is 39.4 Å². The molecule has 0 saturated carbocycles. The Hall–Kier alpha value is -3.01. The smallest absolute Gasteiger partial charge is 0.324 e. The monoisotopic (exact) mass is 381 g/mol. The fourth-order valence-corrected chi connectivity index (χ4v) is 3.95. The quantitative estimate of drug-likeness (QED) is 0.669. The van der Waals surface area contributed by atoms with Crippen LogP contribution in [0.1, 0.15) is 24.0 Å². The second kappa shape index (κ2) is 6.55. The molecule has 1 atom stereocenters. The van der Waals surface area contributed by atoms with E-state index in [2.05, 4.69) is 25.3 Å². The maximum Gasteiger partial charge on any atom is 0.324 e. The molecule has 0 N–H and O–H groups in total. The predicted octanol–water partition coefficient (Wildman–Crippen LogP) is 0.948. The molecular formula is C18H23N9O. The third-order valence-electron chi connectivity index (χ3n) is 5.56. The van der Waals surface area contributed by atoms with E-state index in [4.69, 9.17) is 0 Å². The van der Waals surface area contributed by atoms with Gasteiger partial charge in [-0.3, -0.25) is 14.5 Å². The van der Waals surface area contributed by atoms with Crippen molar-refractivity contribution >= 4 is 17.4 Å². The average molecular weight is 381 g/mol. The third-order valence-corrected chi connectivity index (χ3v) is 5.56. The van der Waals surface area contributed by atoms with Crippen molar-refractivity contribution in [3.8, 4) is 0 Å². The van der Waals surface area contributed by atoms with Crippen LogP contribution in [0.5, 0.6) is 0 Å². The van der Waals surface area contributed by atoms with E-state index in [0.29, 0.717) is 13.1 Å². The van der Waals surface area contributed by atoms with Crippen molar-refractivity contribution in [3.63, 3.8) is 0 Å². The summed E-state index contributed by atoms with van der Waals surface area (Å²) >= 11 is 0. The highest BCUT2D eigenvalue weighted by Crippen LogP contribution is 2.26. The van der Waals surface area contributed by atoms with Gasteiger partial charge in [-0.15, -0.1) is 10.2 Å². The van der Waals surface area contributed by atoms with Gasteiger partial charge < -0.3 is 4.90 Å². The number of likely N-dealkylation sites (N-methyl/N-ethyl adjacent to an activating group) is 1. The maximum absolute atomic E-state index is 12.2. The van der Waals surface area contributed by atoms with Gasteiger partial charge in [-0.05, 0) is 25.5 Å². The minimum absolute atomic E-state index is 0.0362. The van der Waals surface area contributed by atoms with E-state index >= 15 is 0 Å². The Morgan fingerprint density at radius 3 is 2.89 bits per heavy atom.